The van der Waals surface area contributed by atoms with Crippen LogP contribution >= 0.6 is 0 Å². The predicted octanol–water partition coefficient (Wildman–Crippen LogP) is 1.69. The van der Waals surface area contributed by atoms with Crippen LogP contribution < -0.4 is 10.1 Å². The van der Waals surface area contributed by atoms with Crippen molar-refractivity contribution in [3.05, 3.63) is 29.8 Å². The van der Waals surface area contributed by atoms with Gasteiger partial charge in [-0.15, -0.1) is 0 Å². The maximum atomic E-state index is 9.81. The fraction of sp³-hybridized carbons (Fsp3) is 0.533. The highest BCUT2D eigenvalue weighted by Gasteiger charge is 2.34. The smallest absolute Gasteiger partial charge is 0.119 e. The molecule has 1 aromatic carbocycles. The first-order valence-electron chi connectivity index (χ1n) is 6.77. The van der Waals surface area contributed by atoms with Crippen LogP contribution in [-0.4, -0.2) is 30.4 Å². The average molecular weight is 260 g/mol. The number of hydrogen-bond donors (Lipinski definition) is 2. The van der Waals surface area contributed by atoms with Crippen LogP contribution in [0.25, 0.3) is 0 Å². The molecule has 4 heteroatoms. The molecule has 2 rings (SSSR count). The molecule has 2 N–H and O–H groups in total. The number of aliphatic hydroxyl groups is 1. The lowest BCUT2D eigenvalue weighted by Crippen LogP contribution is -2.33. The number of benzene rings is 1. The number of rotatable bonds is 7. The van der Waals surface area contributed by atoms with Crippen molar-refractivity contribution in [2.75, 3.05) is 13.2 Å². The largest absolute Gasteiger partial charge is 0.491 e. The third kappa shape index (κ3) is 4.23. The van der Waals surface area contributed by atoms with Crippen LogP contribution in [0.5, 0.6) is 5.75 Å². The molecule has 0 radical (unpaired) electrons. The van der Waals surface area contributed by atoms with Crippen molar-refractivity contribution >= 4 is 0 Å². The highest BCUT2D eigenvalue weighted by Crippen LogP contribution is 2.32. The van der Waals surface area contributed by atoms with Crippen molar-refractivity contribution in [3.63, 3.8) is 0 Å². The molecule has 0 aliphatic heterocycles. The maximum absolute atomic E-state index is 9.81. The van der Waals surface area contributed by atoms with Crippen molar-refractivity contribution < 1.29 is 9.84 Å². The minimum atomic E-state index is -0.506. The second kappa shape index (κ2) is 6.55. The zero-order valence-electron chi connectivity index (χ0n) is 11.2. The quantitative estimate of drug-likeness (QED) is 0.783. The predicted molar refractivity (Wildman–Crippen MR) is 72.8 cm³/mol. The van der Waals surface area contributed by atoms with Gasteiger partial charge in [0.15, 0.2) is 0 Å². The Labute approximate surface area is 114 Å². The van der Waals surface area contributed by atoms with E-state index in [1.165, 1.54) is 12.8 Å². The fourth-order valence-corrected chi connectivity index (χ4v) is 2.11. The summed E-state index contributed by atoms with van der Waals surface area (Å²) in [6.45, 7) is 3.02. The molecule has 0 amide bonds. The molecule has 1 saturated carbocycles. The van der Waals surface area contributed by atoms with Crippen molar-refractivity contribution in [1.82, 2.24) is 5.32 Å². The van der Waals surface area contributed by atoms with Gasteiger partial charge in [-0.25, -0.2) is 0 Å². The fourth-order valence-electron chi connectivity index (χ4n) is 2.11. The number of aliphatic hydroxyl groups excluding tert-OH is 1. The number of nitrogens with one attached hydrogen (secondary N) is 1. The van der Waals surface area contributed by atoms with Crippen molar-refractivity contribution in [1.29, 1.82) is 5.26 Å². The summed E-state index contributed by atoms with van der Waals surface area (Å²) in [5, 5.41) is 21.8. The summed E-state index contributed by atoms with van der Waals surface area (Å²) >= 11 is 0. The molecule has 3 unspecified atom stereocenters. The van der Waals surface area contributed by atoms with E-state index in [1.807, 2.05) is 0 Å². The van der Waals surface area contributed by atoms with Crippen molar-refractivity contribution in [3.8, 4) is 11.8 Å². The maximum Gasteiger partial charge on any atom is 0.119 e. The van der Waals surface area contributed by atoms with Crippen LogP contribution in [0, 0.1) is 17.2 Å². The van der Waals surface area contributed by atoms with Gasteiger partial charge in [0.2, 0.25) is 0 Å². The van der Waals surface area contributed by atoms with E-state index in [9.17, 15) is 5.11 Å². The first-order valence-corrected chi connectivity index (χ1v) is 6.77. The van der Waals surface area contributed by atoms with Crippen LogP contribution in [0.15, 0.2) is 24.3 Å². The highest BCUT2D eigenvalue weighted by molar-refractivity contribution is 5.34. The van der Waals surface area contributed by atoms with Gasteiger partial charge in [0.25, 0.3) is 0 Å². The van der Waals surface area contributed by atoms with Gasteiger partial charge in [0, 0.05) is 12.6 Å². The molecule has 19 heavy (non-hydrogen) atoms. The minimum absolute atomic E-state index is 0.266. The lowest BCUT2D eigenvalue weighted by Gasteiger charge is -2.13. The Morgan fingerprint density at radius 2 is 2.21 bits per heavy atom. The second-order valence-electron chi connectivity index (χ2n) is 5.02. The van der Waals surface area contributed by atoms with Gasteiger partial charge in [-0.2, -0.15) is 5.26 Å². The molecule has 3 atom stereocenters. The topological polar surface area (TPSA) is 65.3 Å². The van der Waals surface area contributed by atoms with E-state index in [0.717, 1.165) is 5.92 Å². The van der Waals surface area contributed by atoms with Gasteiger partial charge in [-0.3, -0.25) is 0 Å². The summed E-state index contributed by atoms with van der Waals surface area (Å²) in [6, 6.07) is 9.53. The van der Waals surface area contributed by atoms with Gasteiger partial charge in [0.05, 0.1) is 11.6 Å². The Bertz CT molecular complexity index is 438. The number of nitriles is 1. The molecule has 0 bridgehead atoms. The van der Waals surface area contributed by atoms with Crippen molar-refractivity contribution in [2.45, 2.75) is 31.9 Å². The van der Waals surface area contributed by atoms with Gasteiger partial charge < -0.3 is 15.2 Å². The SMILES string of the molecule is CCC1CC1NCC(O)COc1ccc(C#N)cc1. The second-order valence-corrected chi connectivity index (χ2v) is 5.02. The molecule has 0 heterocycles. The summed E-state index contributed by atoms with van der Waals surface area (Å²) in [4.78, 5) is 0. The van der Waals surface area contributed by atoms with Gasteiger partial charge in [-0.1, -0.05) is 13.3 Å². The summed E-state index contributed by atoms with van der Waals surface area (Å²) < 4.78 is 5.47. The van der Waals surface area contributed by atoms with E-state index >= 15 is 0 Å². The van der Waals surface area contributed by atoms with E-state index in [4.69, 9.17) is 10.00 Å². The molecular weight excluding hydrogens is 240 g/mol. The van der Waals surface area contributed by atoms with Crippen LogP contribution in [0.3, 0.4) is 0 Å². The van der Waals surface area contributed by atoms with Crippen LogP contribution in [0.2, 0.25) is 0 Å². The monoisotopic (exact) mass is 260 g/mol. The summed E-state index contributed by atoms with van der Waals surface area (Å²) in [5.74, 6) is 1.46. The lowest BCUT2D eigenvalue weighted by atomic mass is 10.2. The van der Waals surface area contributed by atoms with Crippen molar-refractivity contribution in [2.24, 2.45) is 5.92 Å². The third-order valence-electron chi connectivity index (χ3n) is 3.49. The first kappa shape index (κ1) is 13.9. The Kier molecular flexibility index (Phi) is 4.78. The Morgan fingerprint density at radius 1 is 1.47 bits per heavy atom. The summed E-state index contributed by atoms with van der Waals surface area (Å²) in [6.07, 6.45) is 1.92. The van der Waals surface area contributed by atoms with E-state index in [1.54, 1.807) is 24.3 Å². The molecule has 0 aromatic heterocycles. The number of ether oxygens (including phenoxy) is 1. The van der Waals surface area contributed by atoms with Gasteiger partial charge >= 0.3 is 0 Å². The third-order valence-corrected chi connectivity index (χ3v) is 3.49. The molecule has 1 fully saturated rings. The zero-order valence-corrected chi connectivity index (χ0v) is 11.2. The minimum Gasteiger partial charge on any atom is -0.491 e. The summed E-state index contributed by atoms with van der Waals surface area (Å²) in [7, 11) is 0. The lowest BCUT2D eigenvalue weighted by molar-refractivity contribution is 0.106. The average Bonchev–Trinajstić information content (AvgIpc) is 3.22. The van der Waals surface area contributed by atoms with E-state index in [2.05, 4.69) is 18.3 Å². The molecule has 1 aliphatic carbocycles. The first-order chi connectivity index (χ1) is 9.22. The Balaban J connectivity index is 1.65. The number of hydrogen-bond acceptors (Lipinski definition) is 4. The molecule has 102 valence electrons. The molecule has 4 nitrogen and oxygen atoms in total. The summed E-state index contributed by atoms with van der Waals surface area (Å²) in [5.41, 5.74) is 0.605. The molecular formula is C15H20N2O2. The molecule has 1 aromatic rings. The van der Waals surface area contributed by atoms with Gasteiger partial charge in [-0.05, 0) is 36.6 Å². The highest BCUT2D eigenvalue weighted by atomic mass is 16.5. The van der Waals surface area contributed by atoms with Crippen LogP contribution in [-0.2, 0) is 0 Å². The Morgan fingerprint density at radius 3 is 2.79 bits per heavy atom. The van der Waals surface area contributed by atoms with Crippen LogP contribution in [0.4, 0.5) is 0 Å². The number of nitrogens with zero attached hydrogens (tertiary/aromatic N) is 1. The van der Waals surface area contributed by atoms with E-state index in [-0.39, 0.29) is 6.61 Å². The molecule has 0 saturated heterocycles. The van der Waals surface area contributed by atoms with E-state index < -0.39 is 6.10 Å². The van der Waals surface area contributed by atoms with Gasteiger partial charge in [0.1, 0.15) is 18.5 Å². The Hall–Kier alpha value is -1.57. The van der Waals surface area contributed by atoms with Crippen LogP contribution in [0.1, 0.15) is 25.3 Å². The zero-order chi connectivity index (χ0) is 13.7. The van der Waals surface area contributed by atoms with E-state index in [0.29, 0.717) is 23.9 Å². The molecule has 0 spiro atoms. The normalized spacial score (nSPS) is 22.6. The standard InChI is InChI=1S/C15H20N2O2/c1-2-12-7-15(12)17-9-13(18)10-19-14-5-3-11(8-16)4-6-14/h3-6,12-13,15,17-18H,2,7,9-10H2,1H3. The molecule has 1 aliphatic rings.